The summed E-state index contributed by atoms with van der Waals surface area (Å²) in [5.74, 6) is -0.983. The highest BCUT2D eigenvalue weighted by Crippen LogP contribution is 2.14. The number of carbonyl (C=O) groups excluding carboxylic acids is 1. The predicted molar refractivity (Wildman–Crippen MR) is 198 cm³/mol. The number of aliphatic hydroxyl groups excluding tert-OH is 1. The first-order valence-corrected chi connectivity index (χ1v) is 20.8. The third kappa shape index (κ3) is 33.9. The maximum Gasteiger partial charge on any atom is 0.267 e. The first-order chi connectivity index (χ1) is 22.3. The Morgan fingerprint density at radius 3 is 1.41 bits per heavy atom. The zero-order valence-corrected chi connectivity index (χ0v) is 30.8. The van der Waals surface area contributed by atoms with Crippen LogP contribution in [0.15, 0.2) is 36.5 Å². The minimum absolute atomic E-state index is 0.284. The first-order valence-electron chi connectivity index (χ1n) is 19.2. The SMILES string of the molecule is CCCCCCC/C=C\C/C=C\CCCCCCCCCCCCCC(=O)NC(CS(=O)(=O)O)C(O)/C=C/CCCCCCCC. The van der Waals surface area contributed by atoms with Crippen LogP contribution in [0.2, 0.25) is 0 Å². The van der Waals surface area contributed by atoms with Crippen molar-refractivity contribution in [2.24, 2.45) is 0 Å². The van der Waals surface area contributed by atoms with Gasteiger partial charge in [0.2, 0.25) is 5.91 Å². The summed E-state index contributed by atoms with van der Waals surface area (Å²) in [5.41, 5.74) is 0. The molecule has 0 fully saturated rings. The largest absolute Gasteiger partial charge is 0.387 e. The Hall–Kier alpha value is -1.44. The van der Waals surface area contributed by atoms with Crippen LogP contribution in [0.4, 0.5) is 0 Å². The summed E-state index contributed by atoms with van der Waals surface area (Å²) in [7, 11) is -4.33. The zero-order chi connectivity index (χ0) is 34.0. The van der Waals surface area contributed by atoms with Crippen molar-refractivity contribution < 1.29 is 22.9 Å². The third-order valence-electron chi connectivity index (χ3n) is 8.56. The number of hydrogen-bond acceptors (Lipinski definition) is 4. The summed E-state index contributed by atoms with van der Waals surface area (Å²) < 4.78 is 32.2. The van der Waals surface area contributed by atoms with Gasteiger partial charge in [0.15, 0.2) is 0 Å². The summed E-state index contributed by atoms with van der Waals surface area (Å²) in [5, 5.41) is 13.1. The Labute approximate surface area is 285 Å². The number of allylic oxidation sites excluding steroid dienone is 5. The van der Waals surface area contributed by atoms with Gasteiger partial charge in [-0.3, -0.25) is 9.35 Å². The van der Waals surface area contributed by atoms with E-state index in [0.717, 1.165) is 44.9 Å². The normalized spacial score (nSPS) is 13.7. The first kappa shape index (κ1) is 44.6. The second-order valence-corrected chi connectivity index (χ2v) is 14.7. The van der Waals surface area contributed by atoms with Gasteiger partial charge in [-0.1, -0.05) is 166 Å². The Bertz CT molecular complexity index is 868. The summed E-state index contributed by atoms with van der Waals surface area (Å²) in [6.45, 7) is 4.45. The second kappa shape index (κ2) is 33.5. The quantitative estimate of drug-likeness (QED) is 0.0360. The van der Waals surface area contributed by atoms with E-state index in [-0.39, 0.29) is 5.91 Å². The molecule has 0 aliphatic carbocycles. The molecule has 0 spiro atoms. The summed E-state index contributed by atoms with van der Waals surface area (Å²) >= 11 is 0. The van der Waals surface area contributed by atoms with Crippen LogP contribution in [0.5, 0.6) is 0 Å². The smallest absolute Gasteiger partial charge is 0.267 e. The van der Waals surface area contributed by atoms with E-state index < -0.39 is 28.0 Å². The lowest BCUT2D eigenvalue weighted by atomic mass is 10.0. The number of carbonyl (C=O) groups is 1. The highest BCUT2D eigenvalue weighted by molar-refractivity contribution is 7.85. The number of aliphatic hydroxyl groups is 1. The van der Waals surface area contributed by atoms with E-state index in [1.807, 2.05) is 6.08 Å². The molecule has 2 atom stereocenters. The molecule has 0 radical (unpaired) electrons. The number of amides is 1. The topological polar surface area (TPSA) is 104 Å². The summed E-state index contributed by atoms with van der Waals surface area (Å²) in [4.78, 5) is 12.4. The van der Waals surface area contributed by atoms with Crippen molar-refractivity contribution in [2.75, 3.05) is 5.75 Å². The van der Waals surface area contributed by atoms with Gasteiger partial charge in [0.05, 0.1) is 17.9 Å². The maximum atomic E-state index is 12.4. The van der Waals surface area contributed by atoms with E-state index in [9.17, 15) is 22.9 Å². The summed E-state index contributed by atoms with van der Waals surface area (Å²) in [6.07, 6.45) is 42.9. The van der Waals surface area contributed by atoms with Crippen LogP contribution in [0.1, 0.15) is 187 Å². The lowest BCUT2D eigenvalue weighted by molar-refractivity contribution is -0.122. The van der Waals surface area contributed by atoms with Crippen LogP contribution < -0.4 is 5.32 Å². The van der Waals surface area contributed by atoms with Crippen LogP contribution in [0.25, 0.3) is 0 Å². The van der Waals surface area contributed by atoms with E-state index in [1.54, 1.807) is 0 Å². The van der Waals surface area contributed by atoms with E-state index in [2.05, 4.69) is 43.5 Å². The molecule has 0 aromatic heterocycles. The molecule has 2 unspecified atom stereocenters. The fourth-order valence-electron chi connectivity index (χ4n) is 5.65. The Morgan fingerprint density at radius 1 is 0.587 bits per heavy atom. The fraction of sp³-hybridized carbons (Fsp3) is 0.821. The van der Waals surface area contributed by atoms with Gasteiger partial charge in [0.1, 0.15) is 0 Å². The van der Waals surface area contributed by atoms with Gasteiger partial charge in [-0.2, -0.15) is 8.42 Å². The molecule has 6 nitrogen and oxygen atoms in total. The lowest BCUT2D eigenvalue weighted by Gasteiger charge is -2.21. The molecular weight excluding hydrogens is 594 g/mol. The molecule has 0 saturated heterocycles. The summed E-state index contributed by atoms with van der Waals surface area (Å²) in [6, 6.07) is -1.05. The Balaban J connectivity index is 3.80. The molecule has 46 heavy (non-hydrogen) atoms. The van der Waals surface area contributed by atoms with Crippen LogP contribution in [0.3, 0.4) is 0 Å². The third-order valence-corrected chi connectivity index (χ3v) is 9.34. The highest BCUT2D eigenvalue weighted by atomic mass is 32.2. The molecule has 0 heterocycles. The molecule has 7 heteroatoms. The monoisotopic (exact) mass is 668 g/mol. The fourth-order valence-corrected chi connectivity index (χ4v) is 6.39. The Morgan fingerprint density at radius 2 is 0.978 bits per heavy atom. The number of nitrogens with one attached hydrogen (secondary N) is 1. The average Bonchev–Trinajstić information content (AvgIpc) is 3.01. The van der Waals surface area contributed by atoms with Crippen molar-refractivity contribution >= 4 is 16.0 Å². The van der Waals surface area contributed by atoms with Gasteiger partial charge in [-0.05, 0) is 51.4 Å². The molecule has 0 aliphatic rings. The highest BCUT2D eigenvalue weighted by Gasteiger charge is 2.24. The van der Waals surface area contributed by atoms with Crippen LogP contribution >= 0.6 is 0 Å². The van der Waals surface area contributed by atoms with E-state index in [1.165, 1.54) is 128 Å². The number of unbranched alkanes of at least 4 members (excludes halogenated alkanes) is 22. The molecule has 0 rings (SSSR count). The van der Waals surface area contributed by atoms with Gasteiger partial charge in [-0.15, -0.1) is 0 Å². The Kier molecular flexibility index (Phi) is 32.4. The molecule has 1 amide bonds. The zero-order valence-electron chi connectivity index (χ0n) is 29.9. The van der Waals surface area contributed by atoms with Gasteiger partial charge >= 0.3 is 0 Å². The van der Waals surface area contributed by atoms with E-state index >= 15 is 0 Å². The van der Waals surface area contributed by atoms with Gasteiger partial charge in [0.25, 0.3) is 10.1 Å². The molecule has 0 bridgehead atoms. The van der Waals surface area contributed by atoms with E-state index in [0.29, 0.717) is 6.42 Å². The molecule has 0 saturated carbocycles. The predicted octanol–water partition coefficient (Wildman–Crippen LogP) is 11.0. The van der Waals surface area contributed by atoms with Crippen molar-refractivity contribution in [3.63, 3.8) is 0 Å². The lowest BCUT2D eigenvalue weighted by Crippen LogP contribution is -2.46. The molecule has 3 N–H and O–H groups in total. The standard InChI is InChI=1S/C39H73NO5S/c1-3-5-7-9-11-13-14-15-16-17-18-19-20-21-22-23-24-25-26-27-29-31-33-35-39(42)40-37(36-46(43,44)45)38(41)34-32-30-28-12-10-8-6-4-2/h14-15,17-18,32,34,37-38,41H,3-13,16,19-31,33,35-36H2,1-2H3,(H,40,42)(H,43,44,45)/b15-14-,18-17-,34-32+. The van der Waals surface area contributed by atoms with Crippen molar-refractivity contribution in [2.45, 2.75) is 199 Å². The van der Waals surface area contributed by atoms with Crippen molar-refractivity contribution in [3.05, 3.63) is 36.5 Å². The number of rotatable bonds is 34. The number of hydrogen-bond donors (Lipinski definition) is 3. The van der Waals surface area contributed by atoms with Crippen LogP contribution in [-0.4, -0.2) is 41.9 Å². The van der Waals surface area contributed by atoms with Crippen molar-refractivity contribution in [1.29, 1.82) is 0 Å². The molecular formula is C39H73NO5S. The molecule has 0 aliphatic heterocycles. The minimum atomic E-state index is -4.33. The molecule has 0 aromatic rings. The van der Waals surface area contributed by atoms with Gasteiger partial charge in [-0.25, -0.2) is 0 Å². The van der Waals surface area contributed by atoms with Crippen LogP contribution in [0, 0.1) is 0 Å². The maximum absolute atomic E-state index is 12.4. The minimum Gasteiger partial charge on any atom is -0.387 e. The van der Waals surface area contributed by atoms with Crippen molar-refractivity contribution in [3.8, 4) is 0 Å². The molecule has 0 aromatic carbocycles. The second-order valence-electron chi connectivity index (χ2n) is 13.2. The average molecular weight is 668 g/mol. The van der Waals surface area contributed by atoms with Crippen LogP contribution in [-0.2, 0) is 14.9 Å². The van der Waals surface area contributed by atoms with Crippen molar-refractivity contribution in [1.82, 2.24) is 5.32 Å². The van der Waals surface area contributed by atoms with Gasteiger partial charge in [0, 0.05) is 6.42 Å². The van der Waals surface area contributed by atoms with Gasteiger partial charge < -0.3 is 10.4 Å². The molecule has 270 valence electrons. The van der Waals surface area contributed by atoms with E-state index in [4.69, 9.17) is 0 Å².